The van der Waals surface area contributed by atoms with Gasteiger partial charge in [0.2, 0.25) is 5.91 Å². The molecule has 0 spiro atoms. The van der Waals surface area contributed by atoms with E-state index in [9.17, 15) is 9.59 Å². The summed E-state index contributed by atoms with van der Waals surface area (Å²) in [7, 11) is 3.21. The first-order valence-electron chi connectivity index (χ1n) is 11.6. The molecule has 12 nitrogen and oxygen atoms in total. The highest BCUT2D eigenvalue weighted by atomic mass is 16.5. The molecule has 5 rings (SSSR count). The van der Waals surface area contributed by atoms with Crippen molar-refractivity contribution in [3.8, 4) is 17.0 Å². The molecule has 1 aromatic carbocycles. The molecule has 1 aliphatic heterocycles. The summed E-state index contributed by atoms with van der Waals surface area (Å²) in [6, 6.07) is 8.90. The first-order chi connectivity index (χ1) is 17.5. The van der Waals surface area contributed by atoms with E-state index >= 15 is 0 Å². The average molecular weight is 494 g/mol. The molecule has 3 heterocycles. The van der Waals surface area contributed by atoms with Crippen molar-refractivity contribution < 1.29 is 23.8 Å². The number of nitrogens with zero attached hydrogens (tertiary/aromatic N) is 4. The number of hydrogen-bond donors (Lipinski definition) is 3. The third kappa shape index (κ3) is 4.72. The fourth-order valence-electron chi connectivity index (χ4n) is 4.17. The fraction of sp³-hybridized carbons (Fsp3) is 0.375. The van der Waals surface area contributed by atoms with Gasteiger partial charge in [0.25, 0.3) is 5.91 Å². The highest BCUT2D eigenvalue weighted by Crippen LogP contribution is 2.38. The van der Waals surface area contributed by atoms with Gasteiger partial charge in [-0.2, -0.15) is 5.10 Å². The van der Waals surface area contributed by atoms with E-state index in [-0.39, 0.29) is 41.2 Å². The Morgan fingerprint density at radius 1 is 1.14 bits per heavy atom. The van der Waals surface area contributed by atoms with Gasteiger partial charge < -0.3 is 30.6 Å². The summed E-state index contributed by atoms with van der Waals surface area (Å²) >= 11 is 0. The molecular formula is C24H27N7O5. The number of aromatic nitrogens is 4. The second-order valence-electron chi connectivity index (χ2n) is 8.69. The summed E-state index contributed by atoms with van der Waals surface area (Å²) in [5, 5.41) is 18.5. The molecule has 12 heteroatoms. The van der Waals surface area contributed by atoms with E-state index in [0.29, 0.717) is 30.3 Å². The summed E-state index contributed by atoms with van der Waals surface area (Å²) in [4.78, 5) is 24.2. The Kier molecular flexibility index (Phi) is 6.53. The Hall–Kier alpha value is -4.03. The number of ether oxygens (including phenoxy) is 3. The van der Waals surface area contributed by atoms with E-state index < -0.39 is 5.91 Å². The molecule has 2 amide bonds. The standard InChI is InChI=1S/C24H27N7O5/c1-34-19-12-36-11-18(19)31-9-8-15(30-31)14-4-3-5-16(22(14)35-2)26-17-10-20(27-24(33)13-6-7-13)28-29-21(17)23(25)32/h3-5,8-10,13,18-19H,6-7,11-12H2,1-2H3,(H2,25,32)(H2,26,27,28,33). The van der Waals surface area contributed by atoms with Crippen LogP contribution >= 0.6 is 0 Å². The van der Waals surface area contributed by atoms with Crippen molar-refractivity contribution >= 4 is 29.0 Å². The number of amides is 2. The molecule has 2 atom stereocenters. The number of nitrogens with two attached hydrogens (primary N) is 1. The van der Waals surface area contributed by atoms with Gasteiger partial charge in [-0.25, -0.2) is 0 Å². The minimum absolute atomic E-state index is 0.00873. The van der Waals surface area contributed by atoms with Crippen LogP contribution in [0.25, 0.3) is 11.3 Å². The number of carbonyl (C=O) groups is 2. The summed E-state index contributed by atoms with van der Waals surface area (Å²) in [5.74, 6) is -0.166. The average Bonchev–Trinajstić information content (AvgIpc) is 3.42. The highest BCUT2D eigenvalue weighted by Gasteiger charge is 2.31. The Morgan fingerprint density at radius 3 is 2.69 bits per heavy atom. The van der Waals surface area contributed by atoms with Gasteiger partial charge in [0.15, 0.2) is 17.3 Å². The third-order valence-corrected chi connectivity index (χ3v) is 6.24. The van der Waals surface area contributed by atoms with E-state index in [4.69, 9.17) is 25.0 Å². The predicted molar refractivity (Wildman–Crippen MR) is 130 cm³/mol. The van der Waals surface area contributed by atoms with Gasteiger partial charge in [0.1, 0.15) is 12.1 Å². The zero-order valence-corrected chi connectivity index (χ0v) is 19.9. The van der Waals surface area contributed by atoms with E-state index in [1.807, 2.05) is 29.1 Å². The molecule has 2 fully saturated rings. The Morgan fingerprint density at radius 2 is 1.97 bits per heavy atom. The summed E-state index contributed by atoms with van der Waals surface area (Å²) < 4.78 is 18.6. The second-order valence-corrected chi connectivity index (χ2v) is 8.69. The predicted octanol–water partition coefficient (Wildman–Crippen LogP) is 2.13. The summed E-state index contributed by atoms with van der Waals surface area (Å²) in [5.41, 5.74) is 7.72. The number of hydrogen-bond acceptors (Lipinski definition) is 9. The monoisotopic (exact) mass is 493 g/mol. The summed E-state index contributed by atoms with van der Waals surface area (Å²) in [6.07, 6.45) is 3.51. The van der Waals surface area contributed by atoms with E-state index in [1.54, 1.807) is 20.3 Å². The van der Waals surface area contributed by atoms with Crippen molar-refractivity contribution in [2.24, 2.45) is 11.7 Å². The van der Waals surface area contributed by atoms with Crippen LogP contribution in [0.3, 0.4) is 0 Å². The highest BCUT2D eigenvalue weighted by molar-refractivity contribution is 5.99. The molecule has 4 N–H and O–H groups in total. The van der Waals surface area contributed by atoms with Gasteiger partial charge in [-0.3, -0.25) is 14.3 Å². The van der Waals surface area contributed by atoms with Crippen LogP contribution in [0.5, 0.6) is 5.75 Å². The van der Waals surface area contributed by atoms with Crippen LogP contribution in [0.2, 0.25) is 0 Å². The van der Waals surface area contributed by atoms with Gasteiger partial charge in [0.05, 0.1) is 37.4 Å². The molecule has 0 radical (unpaired) electrons. The smallest absolute Gasteiger partial charge is 0.271 e. The maximum absolute atomic E-state index is 12.2. The number of primary amides is 1. The van der Waals surface area contributed by atoms with E-state index in [0.717, 1.165) is 18.4 Å². The minimum atomic E-state index is -0.759. The van der Waals surface area contributed by atoms with Gasteiger partial charge in [-0.15, -0.1) is 10.2 Å². The van der Waals surface area contributed by atoms with Gasteiger partial charge in [-0.05, 0) is 31.0 Å². The molecule has 2 aromatic heterocycles. The molecule has 2 unspecified atom stereocenters. The van der Waals surface area contributed by atoms with Crippen LogP contribution in [0, 0.1) is 5.92 Å². The maximum atomic E-state index is 12.2. The van der Waals surface area contributed by atoms with Gasteiger partial charge in [0, 0.05) is 30.9 Å². The molecule has 188 valence electrons. The lowest BCUT2D eigenvalue weighted by Crippen LogP contribution is -2.24. The Bertz CT molecular complexity index is 1290. The zero-order chi connectivity index (χ0) is 25.2. The van der Waals surface area contributed by atoms with Crippen molar-refractivity contribution in [3.05, 3.63) is 42.2 Å². The minimum Gasteiger partial charge on any atom is -0.494 e. The first kappa shape index (κ1) is 23.7. The molecule has 1 saturated carbocycles. The maximum Gasteiger partial charge on any atom is 0.271 e. The molecular weight excluding hydrogens is 466 g/mol. The number of rotatable bonds is 9. The summed E-state index contributed by atoms with van der Waals surface area (Å²) in [6.45, 7) is 1.03. The lowest BCUT2D eigenvalue weighted by atomic mass is 10.1. The van der Waals surface area contributed by atoms with Crippen molar-refractivity contribution in [1.82, 2.24) is 20.0 Å². The van der Waals surface area contributed by atoms with Crippen LogP contribution < -0.4 is 21.1 Å². The number of carbonyl (C=O) groups excluding carboxylic acids is 2. The zero-order valence-electron chi connectivity index (χ0n) is 19.9. The number of para-hydroxylation sites is 1. The molecule has 1 aliphatic carbocycles. The van der Waals surface area contributed by atoms with E-state index in [1.165, 1.54) is 6.07 Å². The second kappa shape index (κ2) is 9.91. The van der Waals surface area contributed by atoms with Crippen LogP contribution in [0.1, 0.15) is 29.4 Å². The van der Waals surface area contributed by atoms with Crippen molar-refractivity contribution in [2.75, 3.05) is 38.1 Å². The Labute approximate surface area is 207 Å². The molecule has 0 bridgehead atoms. The number of nitrogens with one attached hydrogen (secondary N) is 2. The lowest BCUT2D eigenvalue weighted by molar-refractivity contribution is -0.117. The molecule has 2 aliphatic rings. The molecule has 1 saturated heterocycles. The van der Waals surface area contributed by atoms with Crippen LogP contribution in [-0.4, -0.2) is 65.3 Å². The number of methoxy groups -OCH3 is 2. The number of anilines is 3. The van der Waals surface area contributed by atoms with Crippen molar-refractivity contribution in [3.63, 3.8) is 0 Å². The first-order valence-corrected chi connectivity index (χ1v) is 11.6. The van der Waals surface area contributed by atoms with Crippen LogP contribution in [0.4, 0.5) is 17.2 Å². The van der Waals surface area contributed by atoms with Crippen LogP contribution in [0.15, 0.2) is 36.5 Å². The molecule has 36 heavy (non-hydrogen) atoms. The largest absolute Gasteiger partial charge is 0.494 e. The lowest BCUT2D eigenvalue weighted by Gasteiger charge is -2.17. The van der Waals surface area contributed by atoms with Gasteiger partial charge in [-0.1, -0.05) is 6.07 Å². The number of benzene rings is 1. The Balaban J connectivity index is 1.45. The SMILES string of the molecule is COc1c(Nc2cc(NC(=O)C3CC3)nnc2C(N)=O)cccc1-c1ccn(C2COCC2OC)n1. The van der Waals surface area contributed by atoms with Gasteiger partial charge >= 0.3 is 0 Å². The normalized spacial score (nSPS) is 19.2. The quantitative estimate of drug-likeness (QED) is 0.406. The fourth-order valence-corrected chi connectivity index (χ4v) is 4.17. The third-order valence-electron chi connectivity index (χ3n) is 6.24. The van der Waals surface area contributed by atoms with Crippen molar-refractivity contribution in [2.45, 2.75) is 25.0 Å². The van der Waals surface area contributed by atoms with E-state index in [2.05, 4.69) is 20.8 Å². The van der Waals surface area contributed by atoms with Crippen molar-refractivity contribution in [1.29, 1.82) is 0 Å². The topological polar surface area (TPSA) is 156 Å². The molecule has 3 aromatic rings. The van der Waals surface area contributed by atoms with Crippen LogP contribution in [-0.2, 0) is 14.3 Å².